The fourth-order valence-corrected chi connectivity index (χ4v) is 1.74. The molecule has 0 unspecified atom stereocenters. The van der Waals surface area contributed by atoms with Gasteiger partial charge in [0.25, 0.3) is 0 Å². The Morgan fingerprint density at radius 1 is 1.53 bits per heavy atom. The molecule has 15 heavy (non-hydrogen) atoms. The minimum Gasteiger partial charge on any atom is -0.480 e. The van der Waals surface area contributed by atoms with Gasteiger partial charge in [0, 0.05) is 10.0 Å². The Morgan fingerprint density at radius 3 is 2.60 bits per heavy atom. The third-order valence-corrected chi connectivity index (χ3v) is 2.50. The molecule has 0 fully saturated rings. The quantitative estimate of drug-likeness (QED) is 0.920. The highest BCUT2D eigenvalue weighted by Gasteiger charge is 2.25. The Hall–Kier alpha value is -0.940. The molecule has 1 rings (SSSR count). The van der Waals surface area contributed by atoms with Crippen LogP contribution in [0.25, 0.3) is 0 Å². The van der Waals surface area contributed by atoms with Gasteiger partial charge in [0.1, 0.15) is 11.9 Å². The lowest BCUT2D eigenvalue weighted by Crippen LogP contribution is -2.28. The van der Waals surface area contributed by atoms with E-state index in [4.69, 9.17) is 5.11 Å². The van der Waals surface area contributed by atoms with Crippen molar-refractivity contribution >= 4 is 21.9 Å². The zero-order chi connectivity index (χ0) is 11.6. The first-order valence-corrected chi connectivity index (χ1v) is 5.07. The standard InChI is InChI=1S/C10H11BrFNO2/c1-13(2)9(10(14)15)7-5-6(11)3-4-8(7)12/h3-5,9H,1-2H3,(H,14,15)/t9-/m1/s1. The number of benzene rings is 1. The van der Waals surface area contributed by atoms with Crippen LogP contribution in [-0.4, -0.2) is 30.1 Å². The number of aliphatic carboxylic acids is 1. The number of carboxylic acid groups (broad SMARTS) is 1. The second-order valence-electron chi connectivity index (χ2n) is 3.37. The van der Waals surface area contributed by atoms with Crippen molar-refractivity contribution in [2.45, 2.75) is 6.04 Å². The Kier molecular flexibility index (Phi) is 3.82. The predicted octanol–water partition coefficient (Wildman–Crippen LogP) is 2.28. The van der Waals surface area contributed by atoms with E-state index in [1.807, 2.05) is 0 Å². The smallest absolute Gasteiger partial charge is 0.325 e. The monoisotopic (exact) mass is 275 g/mol. The summed E-state index contributed by atoms with van der Waals surface area (Å²) in [6.45, 7) is 0. The van der Waals surface area contributed by atoms with Crippen LogP contribution in [0, 0.1) is 5.82 Å². The number of rotatable bonds is 3. The molecular weight excluding hydrogens is 265 g/mol. The summed E-state index contributed by atoms with van der Waals surface area (Å²) < 4.78 is 14.1. The minimum absolute atomic E-state index is 0.155. The molecule has 0 aliphatic heterocycles. The van der Waals surface area contributed by atoms with Gasteiger partial charge in [-0.25, -0.2) is 4.39 Å². The van der Waals surface area contributed by atoms with Crippen molar-refractivity contribution in [3.05, 3.63) is 34.1 Å². The minimum atomic E-state index is -1.07. The second-order valence-corrected chi connectivity index (χ2v) is 4.29. The molecule has 1 N–H and O–H groups in total. The molecule has 0 amide bonds. The van der Waals surface area contributed by atoms with E-state index in [0.717, 1.165) is 0 Å². The molecule has 0 saturated carbocycles. The van der Waals surface area contributed by atoms with Gasteiger partial charge in [0.2, 0.25) is 0 Å². The summed E-state index contributed by atoms with van der Waals surface area (Å²) in [6.07, 6.45) is 0. The summed E-state index contributed by atoms with van der Waals surface area (Å²) in [7, 11) is 3.19. The van der Waals surface area contributed by atoms with Crippen LogP contribution >= 0.6 is 15.9 Å². The molecule has 0 radical (unpaired) electrons. The summed E-state index contributed by atoms with van der Waals surface area (Å²) in [6, 6.07) is 3.29. The maximum Gasteiger partial charge on any atom is 0.325 e. The van der Waals surface area contributed by atoms with Gasteiger partial charge in [-0.15, -0.1) is 0 Å². The molecule has 0 bridgehead atoms. The summed E-state index contributed by atoms with van der Waals surface area (Å²) in [5, 5.41) is 8.99. The second kappa shape index (κ2) is 4.72. The summed E-state index contributed by atoms with van der Waals surface area (Å²) >= 11 is 3.18. The summed E-state index contributed by atoms with van der Waals surface area (Å²) in [5.41, 5.74) is 0.155. The maximum absolute atomic E-state index is 13.4. The third kappa shape index (κ3) is 2.76. The average molecular weight is 276 g/mol. The molecule has 0 aromatic heterocycles. The summed E-state index contributed by atoms with van der Waals surface area (Å²) in [5.74, 6) is -1.59. The van der Waals surface area contributed by atoms with E-state index >= 15 is 0 Å². The fourth-order valence-electron chi connectivity index (χ4n) is 1.36. The van der Waals surface area contributed by atoms with Crippen molar-refractivity contribution < 1.29 is 14.3 Å². The molecule has 82 valence electrons. The molecular formula is C10H11BrFNO2. The molecule has 1 atom stereocenters. The SMILES string of the molecule is CN(C)[C@@H](C(=O)O)c1cc(Br)ccc1F. The first kappa shape index (κ1) is 12.1. The van der Waals surface area contributed by atoms with Crippen molar-refractivity contribution in [2.75, 3.05) is 14.1 Å². The zero-order valence-electron chi connectivity index (χ0n) is 8.37. The lowest BCUT2D eigenvalue weighted by atomic mass is 10.1. The van der Waals surface area contributed by atoms with Gasteiger partial charge in [-0.1, -0.05) is 15.9 Å². The number of halogens is 2. The lowest BCUT2D eigenvalue weighted by Gasteiger charge is -2.20. The van der Waals surface area contributed by atoms with Gasteiger partial charge in [-0.2, -0.15) is 0 Å². The van der Waals surface area contributed by atoms with Gasteiger partial charge in [-0.05, 0) is 32.3 Å². The Balaban J connectivity index is 3.22. The number of nitrogens with zero attached hydrogens (tertiary/aromatic N) is 1. The number of carbonyl (C=O) groups is 1. The molecule has 1 aromatic carbocycles. The van der Waals surface area contributed by atoms with E-state index in [0.29, 0.717) is 4.47 Å². The van der Waals surface area contributed by atoms with Gasteiger partial charge in [0.15, 0.2) is 0 Å². The molecule has 0 aliphatic carbocycles. The van der Waals surface area contributed by atoms with Gasteiger partial charge < -0.3 is 5.11 Å². The van der Waals surface area contributed by atoms with E-state index < -0.39 is 17.8 Å². The number of hydrogen-bond donors (Lipinski definition) is 1. The van der Waals surface area contributed by atoms with Gasteiger partial charge in [-0.3, -0.25) is 9.69 Å². The zero-order valence-corrected chi connectivity index (χ0v) is 9.95. The maximum atomic E-state index is 13.4. The van der Waals surface area contributed by atoms with Gasteiger partial charge >= 0.3 is 5.97 Å². The predicted molar refractivity (Wildman–Crippen MR) is 58.2 cm³/mol. The van der Waals surface area contributed by atoms with Crippen LogP contribution in [0.1, 0.15) is 11.6 Å². The van der Waals surface area contributed by atoms with E-state index in [-0.39, 0.29) is 5.56 Å². The van der Waals surface area contributed by atoms with Crippen molar-refractivity contribution in [1.82, 2.24) is 4.90 Å². The van der Waals surface area contributed by atoms with E-state index in [9.17, 15) is 9.18 Å². The summed E-state index contributed by atoms with van der Waals surface area (Å²) in [4.78, 5) is 12.4. The number of hydrogen-bond acceptors (Lipinski definition) is 2. The van der Waals surface area contributed by atoms with Crippen LogP contribution in [0.2, 0.25) is 0 Å². The van der Waals surface area contributed by atoms with Crippen molar-refractivity contribution in [3.63, 3.8) is 0 Å². The van der Waals surface area contributed by atoms with Crippen LogP contribution in [-0.2, 0) is 4.79 Å². The largest absolute Gasteiger partial charge is 0.480 e. The topological polar surface area (TPSA) is 40.5 Å². The van der Waals surface area contributed by atoms with Crippen molar-refractivity contribution in [1.29, 1.82) is 0 Å². The fraction of sp³-hybridized carbons (Fsp3) is 0.300. The van der Waals surface area contributed by atoms with Crippen LogP contribution < -0.4 is 0 Å². The van der Waals surface area contributed by atoms with Crippen LogP contribution in [0.5, 0.6) is 0 Å². The number of likely N-dealkylation sites (N-methyl/N-ethyl adjacent to an activating group) is 1. The molecule has 1 aromatic rings. The molecule has 0 heterocycles. The van der Waals surface area contributed by atoms with Crippen LogP contribution in [0.3, 0.4) is 0 Å². The van der Waals surface area contributed by atoms with Crippen LogP contribution in [0.15, 0.2) is 22.7 Å². The highest BCUT2D eigenvalue weighted by atomic mass is 79.9. The normalized spacial score (nSPS) is 12.9. The lowest BCUT2D eigenvalue weighted by molar-refractivity contribution is -0.142. The van der Waals surface area contributed by atoms with Crippen molar-refractivity contribution in [3.8, 4) is 0 Å². The first-order chi connectivity index (χ1) is 6.93. The van der Waals surface area contributed by atoms with Gasteiger partial charge in [0.05, 0.1) is 0 Å². The van der Waals surface area contributed by atoms with Crippen molar-refractivity contribution in [2.24, 2.45) is 0 Å². The van der Waals surface area contributed by atoms with E-state index in [1.54, 1.807) is 14.1 Å². The van der Waals surface area contributed by atoms with E-state index in [1.165, 1.54) is 23.1 Å². The van der Waals surface area contributed by atoms with Crippen LogP contribution in [0.4, 0.5) is 4.39 Å². The number of carboxylic acids is 1. The average Bonchev–Trinajstić information content (AvgIpc) is 2.10. The Morgan fingerprint density at radius 2 is 2.13 bits per heavy atom. The van der Waals surface area contributed by atoms with E-state index in [2.05, 4.69) is 15.9 Å². The Labute approximate surface area is 95.6 Å². The highest BCUT2D eigenvalue weighted by Crippen LogP contribution is 2.24. The molecule has 5 heteroatoms. The molecule has 3 nitrogen and oxygen atoms in total. The first-order valence-electron chi connectivity index (χ1n) is 4.27. The molecule has 0 spiro atoms. The Bertz CT molecular complexity index is 382. The highest BCUT2D eigenvalue weighted by molar-refractivity contribution is 9.10. The molecule has 0 saturated heterocycles. The molecule has 0 aliphatic rings. The third-order valence-electron chi connectivity index (χ3n) is 2.00.